The molecule has 0 aliphatic carbocycles. The van der Waals surface area contributed by atoms with Crippen molar-refractivity contribution < 1.29 is 23.1 Å². The second-order valence-corrected chi connectivity index (χ2v) is 6.63. The molecule has 1 aliphatic rings. The van der Waals surface area contributed by atoms with Gasteiger partial charge >= 0.3 is 5.97 Å². The van der Waals surface area contributed by atoms with Crippen LogP contribution in [0.2, 0.25) is 5.02 Å². The van der Waals surface area contributed by atoms with E-state index in [2.05, 4.69) is 0 Å². The van der Waals surface area contributed by atoms with Gasteiger partial charge in [0, 0.05) is 6.54 Å². The highest BCUT2D eigenvalue weighted by atomic mass is 35.5. The number of aliphatic carboxylic acids is 1. The molecule has 0 aromatic heterocycles. The maximum Gasteiger partial charge on any atom is 0.334 e. The zero-order valence-corrected chi connectivity index (χ0v) is 12.3. The van der Waals surface area contributed by atoms with Crippen molar-refractivity contribution in [2.45, 2.75) is 11.0 Å². The van der Waals surface area contributed by atoms with E-state index in [0.29, 0.717) is 0 Å². The highest BCUT2D eigenvalue weighted by Crippen LogP contribution is 2.27. The Morgan fingerprint density at radius 3 is 2.86 bits per heavy atom. The summed E-state index contributed by atoms with van der Waals surface area (Å²) in [7, 11) is -3.98. The maximum absolute atomic E-state index is 12.5. The molecule has 0 amide bonds. The molecule has 0 spiro atoms. The molecule has 1 N–H and O–H groups in total. The van der Waals surface area contributed by atoms with E-state index in [1.165, 1.54) is 18.2 Å². The molecule has 1 aromatic carbocycles. The van der Waals surface area contributed by atoms with E-state index in [-0.39, 0.29) is 35.2 Å². The number of ether oxygens (including phenoxy) is 1. The SMILES string of the molecule is N#Cc1ccc(Cl)c(S(=O)(=O)N2CCOC(C(=O)O)C2)c1. The smallest absolute Gasteiger partial charge is 0.334 e. The van der Waals surface area contributed by atoms with Gasteiger partial charge in [-0.3, -0.25) is 0 Å². The number of sulfonamides is 1. The fraction of sp³-hybridized carbons (Fsp3) is 0.333. The molecule has 1 heterocycles. The van der Waals surface area contributed by atoms with Crippen LogP contribution in [0.1, 0.15) is 5.56 Å². The van der Waals surface area contributed by atoms with Crippen molar-refractivity contribution in [3.05, 3.63) is 28.8 Å². The minimum absolute atomic E-state index is 0.0210. The third-order valence-electron chi connectivity index (χ3n) is 2.98. The first-order valence-electron chi connectivity index (χ1n) is 5.90. The van der Waals surface area contributed by atoms with Crippen LogP contribution in [-0.2, 0) is 19.6 Å². The molecule has 1 atom stereocenters. The van der Waals surface area contributed by atoms with E-state index in [9.17, 15) is 13.2 Å². The molecule has 2 rings (SSSR count). The lowest BCUT2D eigenvalue weighted by atomic mass is 10.2. The fourth-order valence-corrected chi connectivity index (χ4v) is 3.83. The third-order valence-corrected chi connectivity index (χ3v) is 5.33. The number of hydrogen-bond acceptors (Lipinski definition) is 5. The van der Waals surface area contributed by atoms with Crippen LogP contribution in [0.25, 0.3) is 0 Å². The third kappa shape index (κ3) is 3.16. The normalized spacial score (nSPS) is 19.9. The molecule has 0 saturated carbocycles. The van der Waals surface area contributed by atoms with E-state index >= 15 is 0 Å². The number of carboxylic acids is 1. The first-order chi connectivity index (χ1) is 9.86. The Morgan fingerprint density at radius 1 is 1.52 bits per heavy atom. The molecule has 1 aromatic rings. The topological polar surface area (TPSA) is 108 Å². The molecule has 0 radical (unpaired) electrons. The summed E-state index contributed by atoms with van der Waals surface area (Å²) in [4.78, 5) is 10.7. The van der Waals surface area contributed by atoms with Crippen molar-refractivity contribution in [3.63, 3.8) is 0 Å². The predicted octanol–water partition coefficient (Wildman–Crippen LogP) is 0.686. The van der Waals surface area contributed by atoms with E-state index in [4.69, 9.17) is 26.7 Å². The largest absolute Gasteiger partial charge is 0.479 e. The van der Waals surface area contributed by atoms with Crippen LogP contribution in [0.4, 0.5) is 0 Å². The molecule has 0 bridgehead atoms. The van der Waals surface area contributed by atoms with Gasteiger partial charge < -0.3 is 9.84 Å². The summed E-state index contributed by atoms with van der Waals surface area (Å²) in [6.45, 7) is -0.296. The lowest BCUT2D eigenvalue weighted by molar-refractivity contribution is -0.153. The zero-order valence-electron chi connectivity index (χ0n) is 10.7. The summed E-state index contributed by atoms with van der Waals surface area (Å²) < 4.78 is 31.0. The molecule has 1 fully saturated rings. The Hall–Kier alpha value is -1.66. The summed E-state index contributed by atoms with van der Waals surface area (Å²) >= 11 is 5.89. The standard InChI is InChI=1S/C12H11ClN2O5S/c13-9-2-1-8(6-14)5-11(9)21(18,19)15-3-4-20-10(7-15)12(16)17/h1-2,5,10H,3-4,7H2,(H,16,17). The highest BCUT2D eigenvalue weighted by molar-refractivity contribution is 7.89. The van der Waals surface area contributed by atoms with E-state index in [1.807, 2.05) is 6.07 Å². The molecule has 1 aliphatic heterocycles. The predicted molar refractivity (Wildman–Crippen MR) is 72.3 cm³/mol. The van der Waals surface area contributed by atoms with Gasteiger partial charge in [-0.1, -0.05) is 11.6 Å². The number of benzene rings is 1. The number of hydrogen-bond donors (Lipinski definition) is 1. The maximum atomic E-state index is 12.5. The molecule has 7 nitrogen and oxygen atoms in total. The summed E-state index contributed by atoms with van der Waals surface area (Å²) in [5.41, 5.74) is 0.154. The number of carboxylic acid groups (broad SMARTS) is 1. The summed E-state index contributed by atoms with van der Waals surface area (Å²) in [5, 5.41) is 17.7. The van der Waals surface area contributed by atoms with Gasteiger partial charge in [0.05, 0.1) is 29.8 Å². The van der Waals surface area contributed by atoms with Crippen molar-refractivity contribution >= 4 is 27.6 Å². The van der Waals surface area contributed by atoms with Crippen molar-refractivity contribution in [2.75, 3.05) is 19.7 Å². The van der Waals surface area contributed by atoms with Crippen LogP contribution < -0.4 is 0 Å². The number of carbonyl (C=O) groups is 1. The zero-order chi connectivity index (χ0) is 15.6. The van der Waals surface area contributed by atoms with Crippen LogP contribution >= 0.6 is 11.6 Å². The first kappa shape index (κ1) is 15.7. The number of nitrogens with zero attached hydrogens (tertiary/aromatic N) is 2. The van der Waals surface area contributed by atoms with Gasteiger partial charge in [-0.2, -0.15) is 9.57 Å². The minimum atomic E-state index is -3.98. The lowest BCUT2D eigenvalue weighted by Gasteiger charge is -2.30. The molecule has 1 saturated heterocycles. The number of morpholine rings is 1. The lowest BCUT2D eigenvalue weighted by Crippen LogP contribution is -2.48. The fourth-order valence-electron chi connectivity index (χ4n) is 1.90. The molecular formula is C12H11ClN2O5S. The summed E-state index contributed by atoms with van der Waals surface area (Å²) in [5.74, 6) is -1.23. The highest BCUT2D eigenvalue weighted by Gasteiger charge is 2.35. The Morgan fingerprint density at radius 2 is 2.24 bits per heavy atom. The Kier molecular flexibility index (Phi) is 4.49. The minimum Gasteiger partial charge on any atom is -0.479 e. The van der Waals surface area contributed by atoms with Gasteiger partial charge in [0.1, 0.15) is 4.90 Å². The van der Waals surface area contributed by atoms with Crippen molar-refractivity contribution in [1.29, 1.82) is 5.26 Å². The Balaban J connectivity index is 2.38. The van der Waals surface area contributed by atoms with E-state index in [1.54, 1.807) is 0 Å². The Bertz CT molecular complexity index is 713. The van der Waals surface area contributed by atoms with Crippen LogP contribution in [-0.4, -0.2) is 49.6 Å². The van der Waals surface area contributed by atoms with Gasteiger partial charge in [0.25, 0.3) is 0 Å². The molecule has 1 unspecified atom stereocenters. The van der Waals surface area contributed by atoms with E-state index in [0.717, 1.165) is 4.31 Å². The van der Waals surface area contributed by atoms with Crippen LogP contribution in [0.15, 0.2) is 23.1 Å². The van der Waals surface area contributed by atoms with Crippen LogP contribution in [0.3, 0.4) is 0 Å². The quantitative estimate of drug-likeness (QED) is 0.873. The second kappa shape index (κ2) is 5.99. The average Bonchev–Trinajstić information content (AvgIpc) is 2.47. The van der Waals surface area contributed by atoms with Crippen molar-refractivity contribution in [1.82, 2.24) is 4.31 Å². The Labute approximate surface area is 126 Å². The molecular weight excluding hydrogens is 320 g/mol. The van der Waals surface area contributed by atoms with Gasteiger partial charge in [-0.15, -0.1) is 0 Å². The molecule has 112 valence electrons. The van der Waals surface area contributed by atoms with Gasteiger partial charge in [-0.05, 0) is 18.2 Å². The van der Waals surface area contributed by atoms with Gasteiger partial charge in [0.15, 0.2) is 6.10 Å². The summed E-state index contributed by atoms with van der Waals surface area (Å²) in [6.07, 6.45) is -1.22. The average molecular weight is 331 g/mol. The summed E-state index contributed by atoms with van der Waals surface area (Å²) in [6, 6.07) is 5.73. The molecule has 9 heteroatoms. The number of nitriles is 1. The second-order valence-electron chi connectivity index (χ2n) is 4.32. The van der Waals surface area contributed by atoms with Gasteiger partial charge in [0.2, 0.25) is 10.0 Å². The number of halogens is 1. The van der Waals surface area contributed by atoms with Gasteiger partial charge in [-0.25, -0.2) is 13.2 Å². The monoisotopic (exact) mass is 330 g/mol. The molecule has 21 heavy (non-hydrogen) atoms. The van der Waals surface area contributed by atoms with Crippen molar-refractivity contribution in [3.8, 4) is 6.07 Å². The van der Waals surface area contributed by atoms with Crippen LogP contribution in [0.5, 0.6) is 0 Å². The van der Waals surface area contributed by atoms with E-state index < -0.39 is 22.1 Å². The first-order valence-corrected chi connectivity index (χ1v) is 7.72. The number of rotatable bonds is 3. The van der Waals surface area contributed by atoms with Crippen molar-refractivity contribution in [2.24, 2.45) is 0 Å². The van der Waals surface area contributed by atoms with Crippen LogP contribution in [0, 0.1) is 11.3 Å².